The molecule has 1 aromatic heterocycles. The van der Waals surface area contributed by atoms with Gasteiger partial charge in [-0.2, -0.15) is 5.26 Å². The van der Waals surface area contributed by atoms with Gasteiger partial charge in [0.1, 0.15) is 5.82 Å². The number of aromatic nitrogens is 1. The number of halogens is 1. The third-order valence-corrected chi connectivity index (χ3v) is 9.33. The summed E-state index contributed by atoms with van der Waals surface area (Å²) < 4.78 is 37.3. The minimum atomic E-state index is -3.89. The molecule has 0 saturated carbocycles. The first-order chi connectivity index (χ1) is 16.6. The first-order valence-electron chi connectivity index (χ1n) is 11.0. The standard InChI is InChI=1S/C24H22FN5O3S2/c1-15-21(35(27,32)33)34-23(28-15)30-10-2-9-24(22(30)31)13-29(14-24)19-7-4-16(5-8-19)20-11-18(25)6-3-17(20)12-26/h3-8,11H,2,9-10,13-14H2,1H3,(H2,27,32,33). The Bertz CT molecular complexity index is 1470. The maximum Gasteiger partial charge on any atom is 0.249 e. The highest BCUT2D eigenvalue weighted by Gasteiger charge is 2.53. The third-order valence-electron chi connectivity index (χ3n) is 6.60. The van der Waals surface area contributed by atoms with Crippen molar-refractivity contribution in [2.45, 2.75) is 24.0 Å². The van der Waals surface area contributed by atoms with Crippen LogP contribution in [0.4, 0.5) is 15.2 Å². The van der Waals surface area contributed by atoms with E-state index in [0.717, 1.165) is 35.4 Å². The van der Waals surface area contributed by atoms with Crippen LogP contribution in [-0.2, 0) is 14.8 Å². The lowest BCUT2D eigenvalue weighted by Gasteiger charge is -2.53. The SMILES string of the molecule is Cc1nc(N2CCCC3(CN(c4ccc(-c5cc(F)ccc5C#N)cc4)C3)C2=O)sc1S(N)(=O)=O. The van der Waals surface area contributed by atoms with E-state index in [1.54, 1.807) is 11.8 Å². The normalized spacial score (nSPS) is 17.4. The summed E-state index contributed by atoms with van der Waals surface area (Å²) in [6, 6.07) is 13.7. The zero-order chi connectivity index (χ0) is 25.0. The molecule has 0 unspecified atom stereocenters. The highest BCUT2D eigenvalue weighted by molar-refractivity contribution is 7.91. The zero-order valence-electron chi connectivity index (χ0n) is 18.9. The monoisotopic (exact) mass is 511 g/mol. The maximum absolute atomic E-state index is 13.7. The number of carbonyl (C=O) groups excluding carboxylic acids is 1. The molecule has 2 saturated heterocycles. The summed E-state index contributed by atoms with van der Waals surface area (Å²) in [6.07, 6.45) is 1.54. The fourth-order valence-electron chi connectivity index (χ4n) is 4.87. The van der Waals surface area contributed by atoms with Crippen LogP contribution in [0.1, 0.15) is 24.1 Å². The lowest BCUT2D eigenvalue weighted by Crippen LogP contribution is -2.66. The summed E-state index contributed by atoms with van der Waals surface area (Å²) in [5.41, 5.74) is 2.36. The van der Waals surface area contributed by atoms with E-state index in [-0.39, 0.29) is 10.1 Å². The fraction of sp³-hybridized carbons (Fsp3) is 0.292. The number of nitrogens with zero attached hydrogens (tertiary/aromatic N) is 4. The van der Waals surface area contributed by atoms with Crippen molar-refractivity contribution in [3.63, 3.8) is 0 Å². The maximum atomic E-state index is 13.7. The molecule has 3 aromatic rings. The van der Waals surface area contributed by atoms with Crippen molar-refractivity contribution < 1.29 is 17.6 Å². The Morgan fingerprint density at radius 3 is 2.54 bits per heavy atom. The second-order valence-electron chi connectivity index (χ2n) is 8.96. The van der Waals surface area contributed by atoms with Crippen LogP contribution < -0.4 is 14.9 Å². The molecule has 0 atom stereocenters. The van der Waals surface area contributed by atoms with Crippen molar-refractivity contribution in [1.29, 1.82) is 5.26 Å². The number of benzene rings is 2. The molecule has 3 heterocycles. The average Bonchev–Trinajstić information content (AvgIpc) is 3.20. The summed E-state index contributed by atoms with van der Waals surface area (Å²) in [4.78, 5) is 21.4. The molecule has 2 aliphatic rings. The Morgan fingerprint density at radius 1 is 1.20 bits per heavy atom. The van der Waals surface area contributed by atoms with E-state index in [4.69, 9.17) is 5.14 Å². The number of primary sulfonamides is 1. The number of nitriles is 1. The molecule has 180 valence electrons. The summed E-state index contributed by atoms with van der Waals surface area (Å²) in [7, 11) is -3.89. The Hall–Kier alpha value is -3.33. The molecule has 11 heteroatoms. The molecule has 2 aliphatic heterocycles. The van der Waals surface area contributed by atoms with Crippen LogP contribution in [-0.4, -0.2) is 38.9 Å². The lowest BCUT2D eigenvalue weighted by molar-refractivity contribution is -0.132. The Balaban J connectivity index is 1.33. The van der Waals surface area contributed by atoms with Crippen LogP contribution in [0.2, 0.25) is 0 Å². The number of amides is 1. The molecule has 0 bridgehead atoms. The predicted octanol–water partition coefficient (Wildman–Crippen LogP) is 3.41. The second kappa shape index (κ2) is 8.41. The molecule has 1 spiro atoms. The third kappa shape index (κ3) is 4.07. The molecule has 2 N–H and O–H groups in total. The van der Waals surface area contributed by atoms with Crippen molar-refractivity contribution in [3.05, 3.63) is 59.5 Å². The van der Waals surface area contributed by atoms with Crippen LogP contribution in [0, 0.1) is 29.5 Å². The predicted molar refractivity (Wildman–Crippen MR) is 131 cm³/mol. The van der Waals surface area contributed by atoms with E-state index in [0.29, 0.717) is 41.6 Å². The van der Waals surface area contributed by atoms with E-state index in [1.807, 2.05) is 24.3 Å². The number of rotatable bonds is 4. The van der Waals surface area contributed by atoms with Crippen LogP contribution in [0.3, 0.4) is 0 Å². The van der Waals surface area contributed by atoms with Crippen molar-refractivity contribution in [2.24, 2.45) is 10.6 Å². The number of carbonyl (C=O) groups is 1. The minimum absolute atomic E-state index is 0.0203. The van der Waals surface area contributed by atoms with Crippen LogP contribution in [0.15, 0.2) is 46.7 Å². The van der Waals surface area contributed by atoms with Crippen molar-refractivity contribution in [3.8, 4) is 17.2 Å². The molecule has 8 nitrogen and oxygen atoms in total. The smallest absolute Gasteiger partial charge is 0.249 e. The number of anilines is 2. The second-order valence-corrected chi connectivity index (χ2v) is 11.7. The number of hydrogen-bond donors (Lipinski definition) is 1. The van der Waals surface area contributed by atoms with Crippen molar-refractivity contribution >= 4 is 38.1 Å². The van der Waals surface area contributed by atoms with Gasteiger partial charge in [-0.15, -0.1) is 0 Å². The fourth-order valence-corrected chi connectivity index (χ4v) is 6.84. The van der Waals surface area contributed by atoms with Crippen LogP contribution >= 0.6 is 11.3 Å². The van der Waals surface area contributed by atoms with Gasteiger partial charge in [0.2, 0.25) is 15.9 Å². The molecular formula is C24H22FN5O3S2. The zero-order valence-corrected chi connectivity index (χ0v) is 20.5. The largest absolute Gasteiger partial charge is 0.369 e. The highest BCUT2D eigenvalue weighted by atomic mass is 32.2. The number of piperidine rings is 1. The Kier molecular flexibility index (Phi) is 5.62. The van der Waals surface area contributed by atoms with Gasteiger partial charge in [0.15, 0.2) is 9.34 Å². The van der Waals surface area contributed by atoms with E-state index >= 15 is 0 Å². The van der Waals surface area contributed by atoms with Gasteiger partial charge in [-0.05, 0) is 55.7 Å². The lowest BCUT2D eigenvalue weighted by atomic mass is 9.72. The molecule has 1 amide bonds. The minimum Gasteiger partial charge on any atom is -0.369 e. The van der Waals surface area contributed by atoms with E-state index in [2.05, 4.69) is 16.0 Å². The van der Waals surface area contributed by atoms with Gasteiger partial charge >= 0.3 is 0 Å². The number of thiazole rings is 1. The van der Waals surface area contributed by atoms with Crippen LogP contribution in [0.5, 0.6) is 0 Å². The first kappa shape index (κ1) is 23.4. The quantitative estimate of drug-likeness (QED) is 0.573. The number of sulfonamides is 1. The van der Waals surface area contributed by atoms with E-state index in [1.165, 1.54) is 18.2 Å². The molecule has 2 fully saturated rings. The summed E-state index contributed by atoms with van der Waals surface area (Å²) in [6.45, 7) is 3.14. The highest BCUT2D eigenvalue weighted by Crippen LogP contribution is 2.44. The van der Waals surface area contributed by atoms with Gasteiger partial charge in [0.05, 0.1) is 22.7 Å². The Labute approximate surface area is 206 Å². The van der Waals surface area contributed by atoms with Crippen molar-refractivity contribution in [1.82, 2.24) is 4.98 Å². The van der Waals surface area contributed by atoms with E-state index in [9.17, 15) is 22.9 Å². The van der Waals surface area contributed by atoms with Gasteiger partial charge in [0, 0.05) is 30.9 Å². The van der Waals surface area contributed by atoms with Gasteiger partial charge < -0.3 is 4.90 Å². The number of aryl methyl sites for hydroxylation is 1. The number of nitrogens with two attached hydrogens (primary N) is 1. The van der Waals surface area contributed by atoms with Gasteiger partial charge in [0.25, 0.3) is 0 Å². The summed E-state index contributed by atoms with van der Waals surface area (Å²) in [5, 5.41) is 15.0. The Morgan fingerprint density at radius 2 is 1.91 bits per heavy atom. The number of hydrogen-bond acceptors (Lipinski definition) is 7. The summed E-state index contributed by atoms with van der Waals surface area (Å²) in [5.74, 6) is -0.454. The first-order valence-corrected chi connectivity index (χ1v) is 13.3. The van der Waals surface area contributed by atoms with Crippen molar-refractivity contribution in [2.75, 3.05) is 29.4 Å². The molecule has 5 rings (SSSR count). The van der Waals surface area contributed by atoms with Gasteiger partial charge in [-0.25, -0.2) is 22.9 Å². The summed E-state index contributed by atoms with van der Waals surface area (Å²) >= 11 is 0.930. The van der Waals surface area contributed by atoms with Gasteiger partial charge in [-0.3, -0.25) is 9.69 Å². The molecule has 0 radical (unpaired) electrons. The molecule has 35 heavy (non-hydrogen) atoms. The average molecular weight is 512 g/mol. The molecule has 0 aliphatic carbocycles. The van der Waals surface area contributed by atoms with Gasteiger partial charge in [-0.1, -0.05) is 23.5 Å². The molecule has 2 aromatic carbocycles. The van der Waals surface area contributed by atoms with E-state index < -0.39 is 21.3 Å². The topological polar surface area (TPSA) is 120 Å². The molecular weight excluding hydrogens is 489 g/mol. The van der Waals surface area contributed by atoms with Crippen LogP contribution in [0.25, 0.3) is 11.1 Å².